The van der Waals surface area contributed by atoms with Crippen molar-refractivity contribution in [3.63, 3.8) is 0 Å². The molecule has 0 atom stereocenters. The molecule has 1 amide bonds. The fourth-order valence-corrected chi connectivity index (χ4v) is 3.98. The highest BCUT2D eigenvalue weighted by molar-refractivity contribution is 5.93. The van der Waals surface area contributed by atoms with Gasteiger partial charge in [-0.25, -0.2) is 9.97 Å². The number of nitrogens with zero attached hydrogens (tertiary/aromatic N) is 5. The Morgan fingerprint density at radius 3 is 2.77 bits per heavy atom. The van der Waals surface area contributed by atoms with Crippen LogP contribution in [0.15, 0.2) is 16.9 Å². The van der Waals surface area contributed by atoms with E-state index in [1.165, 1.54) is 0 Å². The summed E-state index contributed by atoms with van der Waals surface area (Å²) in [6.07, 6.45) is 7.52. The zero-order chi connectivity index (χ0) is 18.1. The minimum absolute atomic E-state index is 0.000339. The largest absolute Gasteiger partial charge is 0.356 e. The third kappa shape index (κ3) is 3.18. The zero-order valence-electron chi connectivity index (χ0n) is 15.4. The van der Waals surface area contributed by atoms with Gasteiger partial charge in [-0.3, -0.25) is 4.79 Å². The van der Waals surface area contributed by atoms with Crippen LogP contribution < -0.4 is 4.90 Å². The lowest BCUT2D eigenvalue weighted by Gasteiger charge is -2.37. The maximum atomic E-state index is 12.9. The van der Waals surface area contributed by atoms with Crippen LogP contribution in [0, 0.1) is 6.92 Å². The second-order valence-corrected chi connectivity index (χ2v) is 7.30. The molecule has 1 saturated heterocycles. The van der Waals surface area contributed by atoms with Gasteiger partial charge in [-0.15, -0.1) is 0 Å². The van der Waals surface area contributed by atoms with E-state index in [4.69, 9.17) is 4.52 Å². The third-order valence-corrected chi connectivity index (χ3v) is 5.60. The number of carbonyl (C=O) groups excluding carboxylic acids is 1. The van der Waals surface area contributed by atoms with Gasteiger partial charge in [-0.2, -0.15) is 0 Å². The lowest BCUT2D eigenvalue weighted by Crippen LogP contribution is -2.46. The molecule has 1 aliphatic carbocycles. The number of aryl methyl sites for hydroxylation is 2. The van der Waals surface area contributed by atoms with Crippen molar-refractivity contribution in [1.82, 2.24) is 20.0 Å². The van der Waals surface area contributed by atoms with Crippen molar-refractivity contribution in [2.75, 3.05) is 25.0 Å². The molecular weight excluding hydrogens is 330 g/mol. The average molecular weight is 355 g/mol. The molecule has 1 fully saturated rings. The topological polar surface area (TPSA) is 75.4 Å². The first kappa shape index (κ1) is 17.0. The van der Waals surface area contributed by atoms with Gasteiger partial charge in [0.15, 0.2) is 0 Å². The summed E-state index contributed by atoms with van der Waals surface area (Å²) in [7, 11) is 2.07. The van der Waals surface area contributed by atoms with E-state index >= 15 is 0 Å². The molecule has 0 radical (unpaired) electrons. The maximum absolute atomic E-state index is 12.9. The van der Waals surface area contributed by atoms with E-state index in [0.29, 0.717) is 11.8 Å². The lowest BCUT2D eigenvalue weighted by atomic mass is 9.95. The van der Waals surface area contributed by atoms with Gasteiger partial charge in [-0.1, -0.05) is 5.16 Å². The quantitative estimate of drug-likeness (QED) is 0.841. The fourth-order valence-electron chi connectivity index (χ4n) is 3.98. The average Bonchev–Trinajstić information content (AvgIpc) is 3.11. The monoisotopic (exact) mass is 355 g/mol. The molecule has 1 aliphatic heterocycles. The van der Waals surface area contributed by atoms with Crippen molar-refractivity contribution < 1.29 is 9.32 Å². The van der Waals surface area contributed by atoms with Crippen LogP contribution in [0.5, 0.6) is 0 Å². The first-order chi connectivity index (χ1) is 12.6. The Morgan fingerprint density at radius 1 is 1.23 bits per heavy atom. The molecule has 138 valence electrons. The first-order valence-corrected chi connectivity index (χ1v) is 9.41. The summed E-state index contributed by atoms with van der Waals surface area (Å²) in [5.41, 5.74) is 2.98. The minimum atomic E-state index is -0.000339. The van der Waals surface area contributed by atoms with Crippen LogP contribution in [-0.4, -0.2) is 52.1 Å². The number of amides is 1. The molecule has 0 bridgehead atoms. The SMILES string of the molecule is Cc1cc(N(C)C2CCN(C(=O)c3onc4c3CCCC4)CC2)ncn1. The normalized spacial score (nSPS) is 17.8. The van der Waals surface area contributed by atoms with Crippen molar-refractivity contribution in [1.29, 1.82) is 0 Å². The molecule has 0 saturated carbocycles. The zero-order valence-corrected chi connectivity index (χ0v) is 15.4. The highest BCUT2D eigenvalue weighted by atomic mass is 16.5. The third-order valence-electron chi connectivity index (χ3n) is 5.60. The number of rotatable bonds is 3. The molecular formula is C19H25N5O2. The van der Waals surface area contributed by atoms with Crippen LogP contribution in [0.4, 0.5) is 5.82 Å². The van der Waals surface area contributed by atoms with Gasteiger partial charge in [0.25, 0.3) is 5.91 Å². The molecule has 0 N–H and O–H groups in total. The van der Waals surface area contributed by atoms with Crippen molar-refractivity contribution in [3.8, 4) is 0 Å². The Hall–Kier alpha value is -2.44. The molecule has 26 heavy (non-hydrogen) atoms. The predicted molar refractivity (Wildman–Crippen MR) is 97.2 cm³/mol. The van der Waals surface area contributed by atoms with Gasteiger partial charge in [0, 0.05) is 43.5 Å². The summed E-state index contributed by atoms with van der Waals surface area (Å²) in [5, 5.41) is 4.12. The summed E-state index contributed by atoms with van der Waals surface area (Å²) >= 11 is 0. The minimum Gasteiger partial charge on any atom is -0.356 e. The molecule has 2 aromatic rings. The van der Waals surface area contributed by atoms with Crippen LogP contribution in [0.25, 0.3) is 0 Å². The van der Waals surface area contributed by atoms with E-state index in [2.05, 4.69) is 27.1 Å². The Morgan fingerprint density at radius 2 is 2.00 bits per heavy atom. The van der Waals surface area contributed by atoms with Crippen LogP contribution >= 0.6 is 0 Å². The summed E-state index contributed by atoms with van der Waals surface area (Å²) in [6, 6.07) is 2.37. The fraction of sp³-hybridized carbons (Fsp3) is 0.579. The molecule has 0 unspecified atom stereocenters. The van der Waals surface area contributed by atoms with Gasteiger partial charge in [0.2, 0.25) is 5.76 Å². The van der Waals surface area contributed by atoms with Crippen LogP contribution in [0.1, 0.15) is 53.2 Å². The van der Waals surface area contributed by atoms with E-state index in [-0.39, 0.29) is 5.91 Å². The van der Waals surface area contributed by atoms with E-state index in [0.717, 1.165) is 74.4 Å². The molecule has 7 nitrogen and oxygen atoms in total. The van der Waals surface area contributed by atoms with Crippen LogP contribution in [-0.2, 0) is 12.8 Å². The number of likely N-dealkylation sites (tertiary alicyclic amines) is 1. The summed E-state index contributed by atoms with van der Waals surface area (Å²) in [4.78, 5) is 25.5. The van der Waals surface area contributed by atoms with Gasteiger partial charge < -0.3 is 14.3 Å². The molecule has 4 rings (SSSR count). The first-order valence-electron chi connectivity index (χ1n) is 9.41. The number of hydrogen-bond acceptors (Lipinski definition) is 6. The highest BCUT2D eigenvalue weighted by Crippen LogP contribution is 2.27. The standard InChI is InChI=1S/C19H25N5O2/c1-13-11-17(21-12-20-13)23(2)14-7-9-24(10-8-14)19(25)18-15-5-3-4-6-16(15)22-26-18/h11-12,14H,3-10H2,1-2H3. The van der Waals surface area contributed by atoms with Crippen LogP contribution in [0.3, 0.4) is 0 Å². The van der Waals surface area contributed by atoms with Crippen LogP contribution in [0.2, 0.25) is 0 Å². The Kier molecular flexibility index (Phi) is 4.61. The van der Waals surface area contributed by atoms with Gasteiger partial charge >= 0.3 is 0 Å². The predicted octanol–water partition coefficient (Wildman–Crippen LogP) is 2.39. The van der Waals surface area contributed by atoms with Gasteiger partial charge in [0.05, 0.1) is 5.69 Å². The Balaban J connectivity index is 1.40. The lowest BCUT2D eigenvalue weighted by molar-refractivity contribution is 0.0669. The number of fused-ring (bicyclic) bond motifs is 1. The molecule has 2 aliphatic rings. The number of aromatic nitrogens is 3. The summed E-state index contributed by atoms with van der Waals surface area (Å²) in [5.74, 6) is 1.41. The van der Waals surface area contributed by atoms with Gasteiger partial charge in [0.1, 0.15) is 12.1 Å². The van der Waals surface area contributed by atoms with E-state index < -0.39 is 0 Å². The molecule has 2 aromatic heterocycles. The van der Waals surface area contributed by atoms with E-state index in [1.54, 1.807) is 6.33 Å². The highest BCUT2D eigenvalue weighted by Gasteiger charge is 2.31. The number of hydrogen-bond donors (Lipinski definition) is 0. The van der Waals surface area contributed by atoms with E-state index in [1.807, 2.05) is 17.9 Å². The number of piperidine rings is 1. The number of anilines is 1. The summed E-state index contributed by atoms with van der Waals surface area (Å²) in [6.45, 7) is 3.43. The summed E-state index contributed by atoms with van der Waals surface area (Å²) < 4.78 is 5.42. The maximum Gasteiger partial charge on any atom is 0.292 e. The second-order valence-electron chi connectivity index (χ2n) is 7.30. The van der Waals surface area contributed by atoms with Crippen molar-refractivity contribution in [2.45, 2.75) is 51.5 Å². The smallest absolute Gasteiger partial charge is 0.292 e. The molecule has 3 heterocycles. The van der Waals surface area contributed by atoms with E-state index in [9.17, 15) is 4.79 Å². The Labute approximate surface area is 153 Å². The van der Waals surface area contributed by atoms with Crippen molar-refractivity contribution in [3.05, 3.63) is 35.1 Å². The molecule has 7 heteroatoms. The van der Waals surface area contributed by atoms with Gasteiger partial charge in [-0.05, 0) is 45.4 Å². The second kappa shape index (κ2) is 7.05. The molecule has 0 spiro atoms. The van der Waals surface area contributed by atoms with Crippen molar-refractivity contribution >= 4 is 11.7 Å². The Bertz CT molecular complexity index is 795. The number of carbonyl (C=O) groups is 1. The molecule has 0 aromatic carbocycles. The van der Waals surface area contributed by atoms with Crippen molar-refractivity contribution in [2.24, 2.45) is 0 Å².